The highest BCUT2D eigenvalue weighted by atomic mass is 19.1. The highest BCUT2D eigenvalue weighted by molar-refractivity contribution is 5.92. The van der Waals surface area contributed by atoms with Crippen LogP contribution in [0, 0.1) is 5.95 Å². The minimum absolute atomic E-state index is 0.000437. The molecule has 8 nitrogen and oxygen atoms in total. The van der Waals surface area contributed by atoms with Crippen LogP contribution in [0.1, 0.15) is 55.4 Å². The number of hydrogen-bond acceptors (Lipinski definition) is 6. The van der Waals surface area contributed by atoms with Crippen molar-refractivity contribution in [2.75, 3.05) is 18.4 Å². The van der Waals surface area contributed by atoms with E-state index in [9.17, 15) is 9.18 Å². The van der Waals surface area contributed by atoms with Crippen molar-refractivity contribution in [1.82, 2.24) is 24.9 Å². The first-order valence-electron chi connectivity index (χ1n) is 8.52. The molecule has 0 aliphatic carbocycles. The van der Waals surface area contributed by atoms with Crippen molar-refractivity contribution in [3.8, 4) is 0 Å². The lowest BCUT2D eigenvalue weighted by Crippen LogP contribution is -2.39. The molecule has 2 aromatic heterocycles. The molecule has 2 aromatic rings. The summed E-state index contributed by atoms with van der Waals surface area (Å²) in [5, 5.41) is 15.2. The molecule has 0 radical (unpaired) electrons. The summed E-state index contributed by atoms with van der Waals surface area (Å²) in [6.07, 6.45) is 2.75. The Hall–Kier alpha value is -2.45. The summed E-state index contributed by atoms with van der Waals surface area (Å²) in [7, 11) is 1.47. The average molecular weight is 350 g/mol. The predicted molar refractivity (Wildman–Crippen MR) is 88.7 cm³/mol. The number of rotatable bonds is 4. The monoisotopic (exact) mass is 350 g/mol. The van der Waals surface area contributed by atoms with Crippen LogP contribution in [0.5, 0.6) is 0 Å². The lowest BCUT2D eigenvalue weighted by molar-refractivity contribution is 0.0750. The molecule has 3 rings (SSSR count). The van der Waals surface area contributed by atoms with Crippen LogP contribution in [0.15, 0.2) is 10.5 Å². The fraction of sp³-hybridized carbons (Fsp3) is 0.625. The second kappa shape index (κ2) is 7.20. The van der Waals surface area contributed by atoms with E-state index < -0.39 is 5.95 Å². The minimum atomic E-state index is -0.528. The van der Waals surface area contributed by atoms with Gasteiger partial charge in [0.15, 0.2) is 5.69 Å². The van der Waals surface area contributed by atoms with Crippen LogP contribution in [-0.4, -0.2) is 49.9 Å². The van der Waals surface area contributed by atoms with Gasteiger partial charge in [0.05, 0.1) is 0 Å². The number of likely N-dealkylation sites (tertiary alicyclic amines) is 1. The Labute approximate surface area is 145 Å². The molecule has 1 atom stereocenters. The lowest BCUT2D eigenvalue weighted by Gasteiger charge is -2.23. The lowest BCUT2D eigenvalue weighted by atomic mass is 10.1. The Morgan fingerprint density at radius 3 is 2.84 bits per heavy atom. The quantitative estimate of drug-likeness (QED) is 0.909. The van der Waals surface area contributed by atoms with Gasteiger partial charge in [-0.2, -0.15) is 9.49 Å². The minimum Gasteiger partial charge on any atom is -0.408 e. The number of carbonyl (C=O) groups excluding carboxylic acids is 1. The number of anilines is 1. The third-order valence-electron chi connectivity index (χ3n) is 4.26. The Bertz CT molecular complexity index is 721. The number of nitrogens with one attached hydrogen (secondary N) is 1. The summed E-state index contributed by atoms with van der Waals surface area (Å²) in [4.78, 5) is 14.3. The molecule has 0 aromatic carbocycles. The van der Waals surface area contributed by atoms with Gasteiger partial charge in [0, 0.05) is 38.2 Å². The van der Waals surface area contributed by atoms with Gasteiger partial charge in [-0.3, -0.25) is 4.79 Å². The molecule has 1 N–H and O–H groups in total. The SMILES string of the molecule is CC(C)c1nnc(NC2CCCCN(C(=O)c3cc(F)n(C)n3)C2)o1. The molecule has 1 unspecified atom stereocenters. The molecule has 0 saturated carbocycles. The van der Waals surface area contributed by atoms with Crippen molar-refractivity contribution in [2.45, 2.75) is 45.1 Å². The average Bonchev–Trinajstić information content (AvgIpc) is 3.08. The Morgan fingerprint density at radius 1 is 1.40 bits per heavy atom. The summed E-state index contributed by atoms with van der Waals surface area (Å²) >= 11 is 0. The third kappa shape index (κ3) is 3.97. The molecule has 0 bridgehead atoms. The van der Waals surface area contributed by atoms with E-state index in [0.29, 0.717) is 25.0 Å². The standard InChI is InChI=1S/C16H23FN6O2/c1-10(2)14-19-20-16(25-14)18-11-6-4-5-7-23(9-11)15(24)12-8-13(17)22(3)21-12/h8,10-11H,4-7,9H2,1-3H3,(H,18,20). The molecule has 25 heavy (non-hydrogen) atoms. The van der Waals surface area contributed by atoms with E-state index in [-0.39, 0.29) is 23.6 Å². The third-order valence-corrected chi connectivity index (χ3v) is 4.26. The molecule has 1 aliphatic rings. The van der Waals surface area contributed by atoms with Crippen LogP contribution >= 0.6 is 0 Å². The normalized spacial score (nSPS) is 18.4. The molecule has 1 aliphatic heterocycles. The highest BCUT2D eigenvalue weighted by Gasteiger charge is 2.26. The van der Waals surface area contributed by atoms with E-state index in [2.05, 4.69) is 20.6 Å². The molecule has 1 saturated heterocycles. The summed E-state index contributed by atoms with van der Waals surface area (Å²) in [5.74, 6) is -0.0520. The van der Waals surface area contributed by atoms with E-state index in [0.717, 1.165) is 23.9 Å². The molecule has 136 valence electrons. The van der Waals surface area contributed by atoms with Crippen molar-refractivity contribution < 1.29 is 13.6 Å². The van der Waals surface area contributed by atoms with Crippen molar-refractivity contribution in [1.29, 1.82) is 0 Å². The Balaban J connectivity index is 1.68. The number of nitrogens with zero attached hydrogens (tertiary/aromatic N) is 5. The van der Waals surface area contributed by atoms with E-state index in [1.807, 2.05) is 13.8 Å². The zero-order valence-corrected chi connectivity index (χ0v) is 14.7. The van der Waals surface area contributed by atoms with Gasteiger partial charge >= 0.3 is 6.01 Å². The van der Waals surface area contributed by atoms with Crippen LogP contribution in [0.2, 0.25) is 0 Å². The Kier molecular flexibility index (Phi) is 5.00. The smallest absolute Gasteiger partial charge is 0.315 e. The van der Waals surface area contributed by atoms with Gasteiger partial charge in [-0.1, -0.05) is 18.9 Å². The molecule has 3 heterocycles. The highest BCUT2D eigenvalue weighted by Crippen LogP contribution is 2.19. The zero-order chi connectivity index (χ0) is 18.0. The van der Waals surface area contributed by atoms with E-state index in [1.165, 1.54) is 13.1 Å². The second-order valence-corrected chi connectivity index (χ2v) is 6.66. The van der Waals surface area contributed by atoms with Crippen molar-refractivity contribution in [3.05, 3.63) is 23.6 Å². The topological polar surface area (TPSA) is 89.1 Å². The number of hydrogen-bond donors (Lipinski definition) is 1. The van der Waals surface area contributed by atoms with Crippen molar-refractivity contribution in [2.24, 2.45) is 7.05 Å². The van der Waals surface area contributed by atoms with Crippen LogP contribution in [0.25, 0.3) is 0 Å². The molecule has 9 heteroatoms. The van der Waals surface area contributed by atoms with E-state index >= 15 is 0 Å². The van der Waals surface area contributed by atoms with Gasteiger partial charge < -0.3 is 14.6 Å². The predicted octanol–water partition coefficient (Wildman–Crippen LogP) is 2.17. The molecule has 1 amide bonds. The summed E-state index contributed by atoms with van der Waals surface area (Å²) < 4.78 is 20.1. The van der Waals surface area contributed by atoms with Crippen molar-refractivity contribution in [3.63, 3.8) is 0 Å². The first-order chi connectivity index (χ1) is 11.9. The van der Waals surface area contributed by atoms with E-state index in [1.54, 1.807) is 4.90 Å². The fourth-order valence-corrected chi connectivity index (χ4v) is 2.86. The second-order valence-electron chi connectivity index (χ2n) is 6.66. The van der Waals surface area contributed by atoms with E-state index in [4.69, 9.17) is 4.42 Å². The number of carbonyl (C=O) groups is 1. The van der Waals surface area contributed by atoms with Gasteiger partial charge in [-0.25, -0.2) is 4.68 Å². The maximum atomic E-state index is 13.5. The van der Waals surface area contributed by atoms with Gasteiger partial charge in [0.2, 0.25) is 11.8 Å². The first kappa shape index (κ1) is 17.4. The number of aromatic nitrogens is 4. The maximum Gasteiger partial charge on any atom is 0.315 e. The summed E-state index contributed by atoms with van der Waals surface area (Å²) in [6, 6.07) is 1.54. The Morgan fingerprint density at radius 2 is 2.20 bits per heavy atom. The van der Waals surface area contributed by atoms with Gasteiger partial charge in [-0.15, -0.1) is 5.10 Å². The fourth-order valence-electron chi connectivity index (χ4n) is 2.86. The molecular formula is C16H23FN6O2. The van der Waals surface area contributed by atoms with Crippen LogP contribution in [0.3, 0.4) is 0 Å². The number of amides is 1. The first-order valence-corrected chi connectivity index (χ1v) is 8.52. The molecule has 1 fully saturated rings. The number of aryl methyl sites for hydroxylation is 1. The zero-order valence-electron chi connectivity index (χ0n) is 14.7. The molecule has 0 spiro atoms. The summed E-state index contributed by atoms with van der Waals surface area (Å²) in [5.41, 5.74) is 0.125. The van der Waals surface area contributed by atoms with Crippen LogP contribution in [0.4, 0.5) is 10.4 Å². The van der Waals surface area contributed by atoms with Crippen LogP contribution in [-0.2, 0) is 7.05 Å². The van der Waals surface area contributed by atoms with Gasteiger partial charge in [0.25, 0.3) is 5.91 Å². The summed E-state index contributed by atoms with van der Waals surface area (Å²) in [6.45, 7) is 5.07. The van der Waals surface area contributed by atoms with Gasteiger partial charge in [0.1, 0.15) is 0 Å². The van der Waals surface area contributed by atoms with Gasteiger partial charge in [-0.05, 0) is 19.3 Å². The number of halogens is 1. The maximum absolute atomic E-state index is 13.5. The molecular weight excluding hydrogens is 327 g/mol. The largest absolute Gasteiger partial charge is 0.408 e. The van der Waals surface area contributed by atoms with Crippen LogP contribution < -0.4 is 5.32 Å². The van der Waals surface area contributed by atoms with Crippen molar-refractivity contribution >= 4 is 11.9 Å².